The predicted molar refractivity (Wildman–Crippen MR) is 130 cm³/mol. The number of nitrogens with zero attached hydrogens (tertiary/aromatic N) is 2. The maximum atomic E-state index is 13.2. The van der Waals surface area contributed by atoms with Crippen molar-refractivity contribution in [1.82, 2.24) is 30.3 Å². The Morgan fingerprint density at radius 3 is 2.91 bits per heavy atom. The Morgan fingerprint density at radius 2 is 2.03 bits per heavy atom. The van der Waals surface area contributed by atoms with Gasteiger partial charge < -0.3 is 21.2 Å². The van der Waals surface area contributed by atoms with Gasteiger partial charge in [0.15, 0.2) is 5.16 Å². The lowest BCUT2D eigenvalue weighted by Gasteiger charge is -2.37. The molecule has 1 aromatic carbocycles. The number of nitrogens with one attached hydrogen (secondary N) is 5. The first-order valence-electron chi connectivity index (χ1n) is 11.9. The van der Waals surface area contributed by atoms with Gasteiger partial charge in [-0.25, -0.2) is 22.8 Å². The summed E-state index contributed by atoms with van der Waals surface area (Å²) in [6.45, 7) is 2.69. The number of imidazole rings is 1. The van der Waals surface area contributed by atoms with E-state index in [0.29, 0.717) is 19.5 Å². The fraction of sp³-hybridized carbons (Fsp3) is 0.545. The molecule has 0 radical (unpaired) electrons. The Morgan fingerprint density at radius 1 is 1.14 bits per heavy atom. The molecule has 5 heterocycles. The van der Waals surface area contributed by atoms with E-state index in [0.717, 1.165) is 30.4 Å². The number of aliphatic hydroxyl groups is 1. The molecule has 0 aliphatic carbocycles. The molecule has 1 amide bonds. The zero-order chi connectivity index (χ0) is 24.2. The maximum absolute atomic E-state index is 13.2. The largest absolute Gasteiger partial charge is 0.377 e. The van der Waals surface area contributed by atoms with Crippen LogP contribution in [0.5, 0.6) is 0 Å². The van der Waals surface area contributed by atoms with Crippen LogP contribution in [0, 0.1) is 11.8 Å². The Balaban J connectivity index is 1.34. The summed E-state index contributed by atoms with van der Waals surface area (Å²) in [6.07, 6.45) is 2.27. The minimum atomic E-state index is -3.95. The average Bonchev–Trinajstić information content (AvgIpc) is 3.45. The zero-order valence-electron chi connectivity index (χ0n) is 19.0. The highest BCUT2D eigenvalue weighted by Gasteiger charge is 2.40. The number of sulfonamides is 1. The third-order valence-electron chi connectivity index (χ3n) is 7.32. The molecule has 188 valence electrons. The number of benzene rings is 1. The van der Waals surface area contributed by atoms with E-state index in [1.165, 1.54) is 12.1 Å². The number of carbonyl (C=O) groups is 1. The summed E-state index contributed by atoms with van der Waals surface area (Å²) >= 11 is 1.63. The average molecular weight is 520 g/mol. The van der Waals surface area contributed by atoms with Crippen LogP contribution >= 0.6 is 11.8 Å². The van der Waals surface area contributed by atoms with Crippen molar-refractivity contribution in [3.63, 3.8) is 0 Å². The van der Waals surface area contributed by atoms with Crippen LogP contribution in [0.3, 0.4) is 0 Å². The minimum Gasteiger partial charge on any atom is -0.377 e. The summed E-state index contributed by atoms with van der Waals surface area (Å²) in [7, 11) is -3.95. The summed E-state index contributed by atoms with van der Waals surface area (Å²) in [5.41, 5.74) is 4.96. The molecule has 2 aromatic rings. The van der Waals surface area contributed by atoms with Crippen molar-refractivity contribution in [3.8, 4) is 0 Å². The van der Waals surface area contributed by atoms with Crippen LogP contribution in [0.2, 0.25) is 0 Å². The fourth-order valence-corrected chi connectivity index (χ4v) is 7.90. The lowest BCUT2D eigenvalue weighted by molar-refractivity contribution is 0.0613. The Bertz CT molecular complexity index is 1240. The van der Waals surface area contributed by atoms with Gasteiger partial charge in [-0.1, -0.05) is 17.8 Å². The molecule has 4 aliphatic heterocycles. The first-order valence-corrected chi connectivity index (χ1v) is 14.3. The quantitative estimate of drug-likeness (QED) is 0.273. The van der Waals surface area contributed by atoms with Crippen molar-refractivity contribution in [3.05, 3.63) is 41.7 Å². The molecule has 6 unspecified atom stereocenters. The van der Waals surface area contributed by atoms with Gasteiger partial charge in [-0.15, -0.1) is 0 Å². The Hall–Kier alpha value is -2.16. The van der Waals surface area contributed by atoms with Gasteiger partial charge in [0.05, 0.1) is 28.2 Å². The van der Waals surface area contributed by atoms with E-state index in [2.05, 4.69) is 35.8 Å². The number of amides is 1. The monoisotopic (exact) mass is 519 g/mol. The molecule has 0 spiro atoms. The highest BCUT2D eigenvalue weighted by atomic mass is 32.2. The van der Waals surface area contributed by atoms with Gasteiger partial charge in [0, 0.05) is 37.0 Å². The maximum Gasteiger partial charge on any atom is 0.251 e. The number of aromatic nitrogens is 2. The van der Waals surface area contributed by atoms with Gasteiger partial charge >= 0.3 is 0 Å². The second kappa shape index (κ2) is 9.05. The third kappa shape index (κ3) is 4.45. The van der Waals surface area contributed by atoms with Crippen LogP contribution in [0.15, 0.2) is 40.5 Å². The summed E-state index contributed by atoms with van der Waals surface area (Å²) in [6, 6.07) is 5.31. The molecule has 4 aliphatic rings. The third-order valence-corrected chi connectivity index (χ3v) is 10.1. The first kappa shape index (κ1) is 23.3. The predicted octanol–water partition coefficient (Wildman–Crippen LogP) is -0.430. The number of rotatable bonds is 0. The van der Waals surface area contributed by atoms with Gasteiger partial charge in [0.2, 0.25) is 10.0 Å². The summed E-state index contributed by atoms with van der Waals surface area (Å²) < 4.78 is 31.1. The van der Waals surface area contributed by atoms with E-state index >= 15 is 0 Å². The van der Waals surface area contributed by atoms with Crippen molar-refractivity contribution in [2.75, 3.05) is 31.6 Å². The molecule has 1 aromatic heterocycles. The number of thioether (sulfide) groups is 1. The van der Waals surface area contributed by atoms with Gasteiger partial charge in [-0.3, -0.25) is 10.1 Å². The lowest BCUT2D eigenvalue weighted by Crippen LogP contribution is -2.58. The summed E-state index contributed by atoms with van der Waals surface area (Å²) in [4.78, 5) is 17.5. The van der Waals surface area contributed by atoms with Crippen LogP contribution in [0.4, 0.5) is 0 Å². The van der Waals surface area contributed by atoms with Crippen molar-refractivity contribution in [1.29, 1.82) is 0 Å². The van der Waals surface area contributed by atoms with Crippen molar-refractivity contribution in [2.45, 2.75) is 46.5 Å². The molecular weight excluding hydrogens is 490 g/mol. The van der Waals surface area contributed by atoms with Crippen molar-refractivity contribution in [2.24, 2.45) is 11.8 Å². The SMILES string of the molecule is O=C1NCC2CNCC(C2)c2cnc3n2NC(S3)C2CNC(O)C(C2)NS(=O)(=O)c2cccc1c2. The molecule has 2 saturated heterocycles. The smallest absolute Gasteiger partial charge is 0.251 e. The highest BCUT2D eigenvalue weighted by Crippen LogP contribution is 2.38. The molecule has 6 atom stereocenters. The minimum absolute atomic E-state index is 0.00157. The molecular formula is C22H29N7O4S2. The number of aliphatic hydroxyl groups excluding tert-OH is 1. The van der Waals surface area contributed by atoms with Gasteiger partial charge in [0.1, 0.15) is 6.23 Å². The molecule has 35 heavy (non-hydrogen) atoms. The molecule has 11 nitrogen and oxygen atoms in total. The van der Waals surface area contributed by atoms with E-state index in [4.69, 9.17) is 0 Å². The summed E-state index contributed by atoms with van der Waals surface area (Å²) in [5.74, 6) is 0.243. The van der Waals surface area contributed by atoms with Gasteiger partial charge in [-0.2, -0.15) is 0 Å². The standard InChI is InChI=1S/C22H29N7O4S2/c30-19-13-2-1-3-16(5-13)35(32,33)28-17-6-15(10-25-20(17)31)21-27-29-18(11-26-22(29)34-21)14-4-12(8-24-19)7-23-9-14/h1-3,5,11-12,14-15,17,20-21,23,25,27-28,31H,4,6-10H2,(H,24,30). The number of hydrogen-bond donors (Lipinski definition) is 6. The van der Waals surface area contributed by atoms with Crippen LogP contribution in [-0.2, 0) is 10.0 Å². The summed E-state index contributed by atoms with van der Waals surface area (Å²) in [5, 5.41) is 20.9. The Labute approximate surface area is 207 Å². The second-order valence-electron chi connectivity index (χ2n) is 9.74. The van der Waals surface area contributed by atoms with Crippen molar-refractivity contribution >= 4 is 27.7 Å². The van der Waals surface area contributed by atoms with E-state index in [1.807, 2.05) is 6.20 Å². The van der Waals surface area contributed by atoms with E-state index in [9.17, 15) is 18.3 Å². The zero-order valence-corrected chi connectivity index (χ0v) is 20.6. The number of carbonyl (C=O) groups excluding carboxylic acids is 1. The molecule has 2 fully saturated rings. The molecule has 6 rings (SSSR count). The molecule has 0 saturated carbocycles. The topological polar surface area (TPSA) is 149 Å². The fourth-order valence-electron chi connectivity index (χ4n) is 5.44. The molecule has 6 N–H and O–H groups in total. The normalized spacial score (nSPS) is 34.3. The van der Waals surface area contributed by atoms with Crippen LogP contribution in [0.1, 0.15) is 34.8 Å². The lowest BCUT2D eigenvalue weighted by atomic mass is 9.88. The molecule has 13 heteroatoms. The van der Waals surface area contributed by atoms with Gasteiger partial charge in [0.25, 0.3) is 5.91 Å². The molecule has 8 bridgehead atoms. The number of fused-ring (bicyclic) bond motifs is 9. The van der Waals surface area contributed by atoms with Gasteiger partial charge in [-0.05, 0) is 43.5 Å². The number of piperidine rings is 2. The first-order chi connectivity index (χ1) is 16.9. The van der Waals surface area contributed by atoms with E-state index in [-0.39, 0.29) is 39.5 Å². The van der Waals surface area contributed by atoms with Crippen LogP contribution in [0.25, 0.3) is 0 Å². The van der Waals surface area contributed by atoms with E-state index in [1.54, 1.807) is 23.9 Å². The Kier molecular flexibility index (Phi) is 6.01. The van der Waals surface area contributed by atoms with E-state index < -0.39 is 22.3 Å². The second-order valence-corrected chi connectivity index (χ2v) is 12.6. The van der Waals surface area contributed by atoms with Crippen LogP contribution < -0.4 is 26.1 Å². The van der Waals surface area contributed by atoms with Crippen molar-refractivity contribution < 1.29 is 18.3 Å². The number of hydrogen-bond acceptors (Lipinski definition) is 9. The highest BCUT2D eigenvalue weighted by molar-refractivity contribution is 8.00. The van der Waals surface area contributed by atoms with Crippen LogP contribution in [-0.4, -0.2) is 72.9 Å².